The van der Waals surface area contributed by atoms with Crippen LogP contribution < -0.4 is 5.32 Å². The van der Waals surface area contributed by atoms with Crippen LogP contribution in [0.5, 0.6) is 0 Å². The van der Waals surface area contributed by atoms with Crippen LogP contribution in [0.1, 0.15) is 10.6 Å². The van der Waals surface area contributed by atoms with Crippen molar-refractivity contribution in [3.05, 3.63) is 59.1 Å². The maximum absolute atomic E-state index is 11.5. The number of nitrogens with one attached hydrogen (secondary N) is 1. The van der Waals surface area contributed by atoms with Crippen LogP contribution in [0.25, 0.3) is 10.2 Å². The molecule has 1 aromatic heterocycles. The van der Waals surface area contributed by atoms with Crippen molar-refractivity contribution >= 4 is 44.9 Å². The first-order valence-electron chi connectivity index (χ1n) is 6.97. The lowest BCUT2D eigenvalue weighted by Gasteiger charge is -2.05. The number of carbonyl (C=O) groups excluding carboxylic acids is 1. The average molecular weight is 328 g/mol. The van der Waals surface area contributed by atoms with Gasteiger partial charge in [0.1, 0.15) is 0 Å². The van der Waals surface area contributed by atoms with E-state index in [2.05, 4.69) is 16.4 Å². The molecule has 0 radical (unpaired) electrons. The molecule has 0 atom stereocenters. The highest BCUT2D eigenvalue weighted by Gasteiger charge is 2.05. The molecule has 1 N–H and O–H groups in total. The van der Waals surface area contributed by atoms with Crippen LogP contribution in [-0.2, 0) is 11.2 Å². The van der Waals surface area contributed by atoms with Crippen LogP contribution in [0.4, 0.5) is 5.69 Å². The molecule has 112 valence electrons. The van der Waals surface area contributed by atoms with Gasteiger partial charge in [0.05, 0.1) is 21.0 Å². The van der Waals surface area contributed by atoms with Gasteiger partial charge in [0.2, 0.25) is 5.91 Å². The Balaban J connectivity index is 1.69. The minimum atomic E-state index is 0.0337. The minimum absolute atomic E-state index is 0.0337. The van der Waals surface area contributed by atoms with Gasteiger partial charge in [0, 0.05) is 12.1 Å². The quantitative estimate of drug-likeness (QED) is 0.763. The smallest absolute Gasteiger partial charge is 0.234 e. The van der Waals surface area contributed by atoms with E-state index in [1.807, 2.05) is 48.7 Å². The van der Waals surface area contributed by atoms with Gasteiger partial charge in [0.15, 0.2) is 0 Å². The second-order valence-corrected chi connectivity index (χ2v) is 6.91. The number of anilines is 1. The van der Waals surface area contributed by atoms with Crippen molar-refractivity contribution in [1.82, 2.24) is 4.98 Å². The third kappa shape index (κ3) is 3.67. The van der Waals surface area contributed by atoms with Gasteiger partial charge in [-0.05, 0) is 36.1 Å². The Bertz CT molecular complexity index is 748. The zero-order valence-electron chi connectivity index (χ0n) is 12.2. The van der Waals surface area contributed by atoms with E-state index in [0.29, 0.717) is 5.75 Å². The molecular formula is C17H16N2OS2. The normalized spacial score (nSPS) is 10.8. The van der Waals surface area contributed by atoms with Gasteiger partial charge >= 0.3 is 0 Å². The number of aromatic nitrogens is 1. The number of carbonyl (C=O) groups is 1. The van der Waals surface area contributed by atoms with E-state index in [1.54, 1.807) is 11.3 Å². The number of hydrogen-bond acceptors (Lipinski definition) is 4. The van der Waals surface area contributed by atoms with Gasteiger partial charge < -0.3 is 5.32 Å². The topological polar surface area (TPSA) is 42.0 Å². The van der Waals surface area contributed by atoms with Crippen molar-refractivity contribution in [2.45, 2.75) is 6.42 Å². The molecule has 0 aliphatic heterocycles. The van der Waals surface area contributed by atoms with E-state index in [0.717, 1.165) is 22.6 Å². The fraction of sp³-hybridized carbons (Fsp3) is 0.176. The Morgan fingerprint density at radius 3 is 2.68 bits per heavy atom. The number of rotatable bonds is 5. The molecule has 3 aromatic rings. The predicted molar refractivity (Wildman–Crippen MR) is 95.9 cm³/mol. The first kappa shape index (κ1) is 15.1. The van der Waals surface area contributed by atoms with Crippen LogP contribution in [-0.4, -0.2) is 22.9 Å². The van der Waals surface area contributed by atoms with E-state index in [-0.39, 0.29) is 5.91 Å². The summed E-state index contributed by atoms with van der Waals surface area (Å²) in [7, 11) is 0. The molecule has 3 rings (SSSR count). The third-order valence-electron chi connectivity index (χ3n) is 3.21. The van der Waals surface area contributed by atoms with Crippen LogP contribution in [0.3, 0.4) is 0 Å². The molecule has 1 amide bonds. The number of fused-ring (bicyclic) bond motifs is 1. The lowest BCUT2D eigenvalue weighted by Crippen LogP contribution is -2.13. The molecule has 0 unspecified atom stereocenters. The molecule has 0 bridgehead atoms. The largest absolute Gasteiger partial charge is 0.325 e. The summed E-state index contributed by atoms with van der Waals surface area (Å²) < 4.78 is 1.22. The van der Waals surface area contributed by atoms with Gasteiger partial charge in [-0.2, -0.15) is 11.8 Å². The van der Waals surface area contributed by atoms with Crippen molar-refractivity contribution in [2.75, 3.05) is 17.3 Å². The van der Waals surface area contributed by atoms with Gasteiger partial charge in [-0.3, -0.25) is 4.79 Å². The number of nitrogens with zero attached hydrogens (tertiary/aromatic N) is 1. The van der Waals surface area contributed by atoms with Crippen molar-refractivity contribution in [3.8, 4) is 0 Å². The molecule has 0 saturated heterocycles. The lowest BCUT2D eigenvalue weighted by molar-refractivity contribution is -0.113. The second-order valence-electron chi connectivity index (χ2n) is 4.93. The summed E-state index contributed by atoms with van der Waals surface area (Å²) in [6.45, 7) is 0. The first-order valence-corrected chi connectivity index (χ1v) is 9.18. The first-order chi connectivity index (χ1) is 10.7. The molecule has 22 heavy (non-hydrogen) atoms. The summed E-state index contributed by atoms with van der Waals surface area (Å²) in [4.78, 5) is 16.2. The molecule has 0 fully saturated rings. The SMILES string of the molecule is CSCC(=O)Nc1ccc(Cc2nc3ccccc3s2)cc1. The zero-order valence-corrected chi connectivity index (χ0v) is 13.8. The monoisotopic (exact) mass is 328 g/mol. The molecule has 2 aromatic carbocycles. The molecule has 0 aliphatic rings. The maximum Gasteiger partial charge on any atom is 0.234 e. The van der Waals surface area contributed by atoms with Gasteiger partial charge in [0.25, 0.3) is 0 Å². The van der Waals surface area contributed by atoms with Gasteiger partial charge in [-0.25, -0.2) is 4.98 Å². The fourth-order valence-electron chi connectivity index (χ4n) is 2.20. The highest BCUT2D eigenvalue weighted by Crippen LogP contribution is 2.24. The number of amides is 1. The van der Waals surface area contributed by atoms with Crippen molar-refractivity contribution in [3.63, 3.8) is 0 Å². The van der Waals surface area contributed by atoms with Crippen LogP contribution in [0, 0.1) is 0 Å². The molecule has 5 heteroatoms. The summed E-state index contributed by atoms with van der Waals surface area (Å²) in [6, 6.07) is 16.2. The Hall–Kier alpha value is -1.85. The summed E-state index contributed by atoms with van der Waals surface area (Å²) in [6.07, 6.45) is 2.74. The van der Waals surface area contributed by atoms with E-state index in [4.69, 9.17) is 0 Å². The van der Waals surface area contributed by atoms with Crippen LogP contribution >= 0.6 is 23.1 Å². The molecular weight excluding hydrogens is 312 g/mol. The Morgan fingerprint density at radius 1 is 1.18 bits per heavy atom. The number of benzene rings is 2. The third-order valence-corrected chi connectivity index (χ3v) is 4.79. The summed E-state index contributed by atoms with van der Waals surface area (Å²) in [5, 5.41) is 3.99. The maximum atomic E-state index is 11.5. The Kier molecular flexibility index (Phi) is 4.75. The number of para-hydroxylation sites is 1. The average Bonchev–Trinajstić information content (AvgIpc) is 2.91. The predicted octanol–water partition coefficient (Wildman–Crippen LogP) is 4.19. The van der Waals surface area contributed by atoms with Gasteiger partial charge in [-0.1, -0.05) is 24.3 Å². The number of hydrogen-bond donors (Lipinski definition) is 1. The minimum Gasteiger partial charge on any atom is -0.325 e. The summed E-state index contributed by atoms with van der Waals surface area (Å²) >= 11 is 3.25. The summed E-state index contributed by atoms with van der Waals surface area (Å²) in [5.74, 6) is 0.513. The Labute approximate surface area is 137 Å². The number of thiazole rings is 1. The van der Waals surface area contributed by atoms with E-state index in [9.17, 15) is 4.79 Å². The van der Waals surface area contributed by atoms with Crippen molar-refractivity contribution < 1.29 is 4.79 Å². The van der Waals surface area contributed by atoms with Crippen LogP contribution in [0.15, 0.2) is 48.5 Å². The molecule has 3 nitrogen and oxygen atoms in total. The zero-order chi connectivity index (χ0) is 15.4. The van der Waals surface area contributed by atoms with Gasteiger partial charge in [-0.15, -0.1) is 11.3 Å². The second kappa shape index (κ2) is 6.94. The van der Waals surface area contributed by atoms with E-state index in [1.165, 1.54) is 22.0 Å². The van der Waals surface area contributed by atoms with Crippen molar-refractivity contribution in [1.29, 1.82) is 0 Å². The lowest BCUT2D eigenvalue weighted by atomic mass is 10.1. The van der Waals surface area contributed by atoms with Crippen molar-refractivity contribution in [2.24, 2.45) is 0 Å². The molecule has 1 heterocycles. The van der Waals surface area contributed by atoms with E-state index < -0.39 is 0 Å². The number of thioether (sulfide) groups is 1. The highest BCUT2D eigenvalue weighted by atomic mass is 32.2. The molecule has 0 saturated carbocycles. The fourth-order valence-corrected chi connectivity index (χ4v) is 3.54. The molecule has 0 aliphatic carbocycles. The highest BCUT2D eigenvalue weighted by molar-refractivity contribution is 7.99. The Morgan fingerprint density at radius 2 is 1.95 bits per heavy atom. The van der Waals surface area contributed by atoms with Crippen LogP contribution in [0.2, 0.25) is 0 Å². The van der Waals surface area contributed by atoms with E-state index >= 15 is 0 Å². The summed E-state index contributed by atoms with van der Waals surface area (Å²) in [5.41, 5.74) is 3.09. The standard InChI is InChI=1S/C17H16N2OS2/c1-21-11-16(20)18-13-8-6-12(7-9-13)10-17-19-14-4-2-3-5-15(14)22-17/h2-9H,10-11H2,1H3,(H,18,20). The molecule has 0 spiro atoms.